The highest BCUT2D eigenvalue weighted by Gasteiger charge is 2.24. The Morgan fingerprint density at radius 3 is 2.88 bits per heavy atom. The van der Waals surface area contributed by atoms with E-state index in [1.54, 1.807) is 6.26 Å². The van der Waals surface area contributed by atoms with Gasteiger partial charge in [0, 0.05) is 16.4 Å². The third-order valence-corrected chi connectivity index (χ3v) is 4.41. The molecule has 1 aliphatic rings. The molecule has 0 saturated heterocycles. The molecule has 1 aromatic heterocycles. The van der Waals surface area contributed by atoms with E-state index < -0.39 is 0 Å². The number of halogens is 1. The zero-order chi connectivity index (χ0) is 12.3. The van der Waals surface area contributed by atoms with Gasteiger partial charge in [0.25, 0.3) is 5.91 Å². The normalized spacial score (nSPS) is 25.3. The number of hydrogen-bond acceptors (Lipinski definition) is 2. The van der Waals surface area contributed by atoms with E-state index in [0.717, 1.165) is 18.4 Å². The predicted molar refractivity (Wildman–Crippen MR) is 70.5 cm³/mol. The number of alkyl halides is 1. The van der Waals surface area contributed by atoms with Gasteiger partial charge in [-0.2, -0.15) is 0 Å². The SMILES string of the molecule is Cc1ccoc1C(=O)NC1CCCCCC1Br. The van der Waals surface area contributed by atoms with Crippen LogP contribution in [0.3, 0.4) is 0 Å². The highest BCUT2D eigenvalue weighted by atomic mass is 79.9. The fourth-order valence-electron chi connectivity index (χ4n) is 2.26. The summed E-state index contributed by atoms with van der Waals surface area (Å²) in [6.45, 7) is 1.89. The number of furan rings is 1. The number of aryl methyl sites for hydroxylation is 1. The van der Waals surface area contributed by atoms with Crippen molar-refractivity contribution in [1.29, 1.82) is 0 Å². The van der Waals surface area contributed by atoms with Gasteiger partial charge < -0.3 is 9.73 Å². The lowest BCUT2D eigenvalue weighted by Crippen LogP contribution is -2.40. The van der Waals surface area contributed by atoms with Crippen molar-refractivity contribution in [1.82, 2.24) is 5.32 Å². The summed E-state index contributed by atoms with van der Waals surface area (Å²) in [7, 11) is 0. The number of amides is 1. The largest absolute Gasteiger partial charge is 0.459 e. The third kappa shape index (κ3) is 3.12. The first-order valence-electron chi connectivity index (χ1n) is 6.17. The van der Waals surface area contributed by atoms with Gasteiger partial charge in [-0.15, -0.1) is 0 Å². The van der Waals surface area contributed by atoms with E-state index in [1.807, 2.05) is 13.0 Å². The molecule has 1 aromatic rings. The molecule has 4 heteroatoms. The number of nitrogens with one attached hydrogen (secondary N) is 1. The lowest BCUT2D eigenvalue weighted by molar-refractivity contribution is 0.0906. The molecule has 1 saturated carbocycles. The minimum atomic E-state index is -0.0937. The van der Waals surface area contributed by atoms with E-state index >= 15 is 0 Å². The topological polar surface area (TPSA) is 42.2 Å². The van der Waals surface area contributed by atoms with E-state index in [2.05, 4.69) is 21.2 Å². The second-order valence-corrected chi connectivity index (χ2v) is 5.84. The fraction of sp³-hybridized carbons (Fsp3) is 0.615. The van der Waals surface area contributed by atoms with Crippen molar-refractivity contribution >= 4 is 21.8 Å². The Labute approximate surface area is 110 Å². The summed E-state index contributed by atoms with van der Waals surface area (Å²) in [6, 6.07) is 2.03. The Kier molecular flexibility index (Phi) is 4.26. The average Bonchev–Trinajstić information content (AvgIpc) is 2.63. The quantitative estimate of drug-likeness (QED) is 0.672. The Morgan fingerprint density at radius 2 is 2.18 bits per heavy atom. The first-order valence-corrected chi connectivity index (χ1v) is 7.09. The molecule has 2 rings (SSSR count). The Bertz CT molecular complexity index is 389. The second-order valence-electron chi connectivity index (χ2n) is 4.67. The van der Waals surface area contributed by atoms with Crippen LogP contribution < -0.4 is 5.32 Å². The molecule has 0 radical (unpaired) electrons. The standard InChI is InChI=1S/C13H18BrNO2/c1-9-7-8-17-12(9)13(16)15-11-6-4-2-3-5-10(11)14/h7-8,10-11H,2-6H2,1H3,(H,15,16). The van der Waals surface area contributed by atoms with Crippen LogP contribution in [0.25, 0.3) is 0 Å². The van der Waals surface area contributed by atoms with E-state index in [4.69, 9.17) is 4.42 Å². The summed E-state index contributed by atoms with van der Waals surface area (Å²) >= 11 is 3.67. The highest BCUT2D eigenvalue weighted by molar-refractivity contribution is 9.09. The van der Waals surface area contributed by atoms with Crippen LogP contribution in [0.1, 0.15) is 48.2 Å². The zero-order valence-electron chi connectivity index (χ0n) is 10.0. The van der Waals surface area contributed by atoms with Crippen LogP contribution in [0.4, 0.5) is 0 Å². The van der Waals surface area contributed by atoms with Crippen LogP contribution in [-0.2, 0) is 0 Å². The molecule has 1 amide bonds. The maximum Gasteiger partial charge on any atom is 0.287 e. The van der Waals surface area contributed by atoms with E-state index in [-0.39, 0.29) is 11.9 Å². The molecule has 17 heavy (non-hydrogen) atoms. The monoisotopic (exact) mass is 299 g/mol. The van der Waals surface area contributed by atoms with Gasteiger partial charge >= 0.3 is 0 Å². The molecule has 1 N–H and O–H groups in total. The van der Waals surface area contributed by atoms with Gasteiger partial charge in [-0.1, -0.05) is 35.2 Å². The maximum atomic E-state index is 12.0. The summed E-state index contributed by atoms with van der Waals surface area (Å²) in [5, 5.41) is 3.07. The van der Waals surface area contributed by atoms with Crippen LogP contribution in [0.2, 0.25) is 0 Å². The molecule has 0 aromatic carbocycles. The summed E-state index contributed by atoms with van der Waals surface area (Å²) in [5.74, 6) is 0.345. The first kappa shape index (κ1) is 12.7. The van der Waals surface area contributed by atoms with Gasteiger partial charge in [0.05, 0.1) is 6.26 Å². The molecule has 3 nitrogen and oxygen atoms in total. The molecular formula is C13H18BrNO2. The van der Waals surface area contributed by atoms with E-state index in [0.29, 0.717) is 10.6 Å². The van der Waals surface area contributed by atoms with Crippen molar-refractivity contribution in [2.45, 2.75) is 49.9 Å². The number of carbonyl (C=O) groups excluding carboxylic acids is 1. The molecule has 0 spiro atoms. The van der Waals surface area contributed by atoms with Gasteiger partial charge in [0.2, 0.25) is 0 Å². The third-order valence-electron chi connectivity index (χ3n) is 3.32. The molecule has 0 aliphatic heterocycles. The van der Waals surface area contributed by atoms with Crippen LogP contribution in [-0.4, -0.2) is 16.8 Å². The molecule has 1 aliphatic carbocycles. The van der Waals surface area contributed by atoms with Crippen LogP contribution in [0.15, 0.2) is 16.7 Å². The summed E-state index contributed by atoms with van der Waals surface area (Å²) in [6.07, 6.45) is 7.41. The molecule has 1 heterocycles. The Balaban J connectivity index is 2.00. The molecular weight excluding hydrogens is 282 g/mol. The lowest BCUT2D eigenvalue weighted by Gasteiger charge is -2.20. The smallest absolute Gasteiger partial charge is 0.287 e. The molecule has 2 atom stereocenters. The van der Waals surface area contributed by atoms with Crippen molar-refractivity contribution in [3.63, 3.8) is 0 Å². The van der Waals surface area contributed by atoms with Gasteiger partial charge in [0.1, 0.15) is 0 Å². The van der Waals surface area contributed by atoms with Gasteiger partial charge in [-0.3, -0.25) is 4.79 Å². The van der Waals surface area contributed by atoms with E-state index in [9.17, 15) is 4.79 Å². The first-order chi connectivity index (χ1) is 8.18. The molecule has 0 bridgehead atoms. The number of hydrogen-bond donors (Lipinski definition) is 1. The summed E-state index contributed by atoms with van der Waals surface area (Å²) in [4.78, 5) is 12.4. The summed E-state index contributed by atoms with van der Waals surface area (Å²) in [5.41, 5.74) is 0.891. The minimum absolute atomic E-state index is 0.0937. The Morgan fingerprint density at radius 1 is 1.41 bits per heavy atom. The minimum Gasteiger partial charge on any atom is -0.459 e. The van der Waals surface area contributed by atoms with Crippen LogP contribution in [0.5, 0.6) is 0 Å². The highest BCUT2D eigenvalue weighted by Crippen LogP contribution is 2.24. The average molecular weight is 300 g/mol. The van der Waals surface area contributed by atoms with Gasteiger partial charge in [-0.25, -0.2) is 0 Å². The van der Waals surface area contributed by atoms with Gasteiger partial charge in [0.15, 0.2) is 5.76 Å². The maximum absolute atomic E-state index is 12.0. The molecule has 94 valence electrons. The van der Waals surface area contributed by atoms with Crippen molar-refractivity contribution in [2.75, 3.05) is 0 Å². The van der Waals surface area contributed by atoms with Crippen LogP contribution in [0, 0.1) is 6.92 Å². The van der Waals surface area contributed by atoms with Crippen LogP contribution >= 0.6 is 15.9 Å². The number of rotatable bonds is 2. The predicted octanol–water partition coefficient (Wildman–Crippen LogP) is 3.41. The molecule has 1 fully saturated rings. The van der Waals surface area contributed by atoms with Gasteiger partial charge in [-0.05, 0) is 25.8 Å². The van der Waals surface area contributed by atoms with Crippen molar-refractivity contribution in [3.05, 3.63) is 23.7 Å². The zero-order valence-corrected chi connectivity index (χ0v) is 11.6. The second kappa shape index (κ2) is 5.71. The fourth-order valence-corrected chi connectivity index (χ4v) is 2.98. The van der Waals surface area contributed by atoms with Crippen molar-refractivity contribution in [2.24, 2.45) is 0 Å². The lowest BCUT2D eigenvalue weighted by atomic mass is 10.1. The van der Waals surface area contributed by atoms with E-state index in [1.165, 1.54) is 19.3 Å². The molecule has 2 unspecified atom stereocenters. The van der Waals surface area contributed by atoms with Crippen molar-refractivity contribution < 1.29 is 9.21 Å². The Hall–Kier alpha value is -0.770. The summed E-state index contributed by atoms with van der Waals surface area (Å²) < 4.78 is 5.21. The number of carbonyl (C=O) groups is 1. The van der Waals surface area contributed by atoms with Crippen molar-refractivity contribution in [3.8, 4) is 0 Å².